The van der Waals surface area contributed by atoms with Crippen LogP contribution in [-0.2, 0) is 16.1 Å². The Morgan fingerprint density at radius 1 is 1.42 bits per heavy atom. The van der Waals surface area contributed by atoms with Gasteiger partial charge in [0, 0.05) is 13.1 Å². The van der Waals surface area contributed by atoms with Crippen LogP contribution in [0.1, 0.15) is 29.3 Å². The summed E-state index contributed by atoms with van der Waals surface area (Å²) in [4.78, 5) is 21.7. The van der Waals surface area contributed by atoms with Gasteiger partial charge in [-0.05, 0) is 24.6 Å². The summed E-state index contributed by atoms with van der Waals surface area (Å²) in [6.07, 6.45) is 0.240. The SMILES string of the molecule is CCOC(=O)CCNCc1ccc(C(=O)O)c(F)c1. The Kier molecular flexibility index (Phi) is 5.95. The number of carboxylic acids is 1. The minimum absolute atomic E-state index is 0.240. The maximum atomic E-state index is 13.4. The lowest BCUT2D eigenvalue weighted by Crippen LogP contribution is -2.19. The molecule has 0 saturated heterocycles. The largest absolute Gasteiger partial charge is 0.478 e. The minimum atomic E-state index is -1.29. The zero-order valence-corrected chi connectivity index (χ0v) is 10.6. The van der Waals surface area contributed by atoms with Crippen molar-refractivity contribution in [2.75, 3.05) is 13.2 Å². The summed E-state index contributed by atoms with van der Waals surface area (Å²) in [5.41, 5.74) is 0.265. The van der Waals surface area contributed by atoms with Crippen molar-refractivity contribution in [1.82, 2.24) is 5.32 Å². The number of carbonyl (C=O) groups excluding carboxylic acids is 1. The molecule has 0 radical (unpaired) electrons. The predicted octanol–water partition coefficient (Wildman–Crippen LogP) is 1.57. The molecule has 0 saturated carbocycles. The molecule has 0 atom stereocenters. The fraction of sp³-hybridized carbons (Fsp3) is 0.385. The zero-order chi connectivity index (χ0) is 14.3. The molecule has 0 amide bonds. The number of carbonyl (C=O) groups is 2. The summed E-state index contributed by atoms with van der Waals surface area (Å²) in [6.45, 7) is 2.86. The summed E-state index contributed by atoms with van der Waals surface area (Å²) in [5, 5.41) is 11.6. The molecule has 0 heterocycles. The summed E-state index contributed by atoms with van der Waals surface area (Å²) in [7, 11) is 0. The van der Waals surface area contributed by atoms with Crippen molar-refractivity contribution in [1.29, 1.82) is 0 Å². The van der Waals surface area contributed by atoms with Crippen LogP contribution in [0.2, 0.25) is 0 Å². The van der Waals surface area contributed by atoms with Gasteiger partial charge in [-0.2, -0.15) is 0 Å². The number of rotatable bonds is 7. The van der Waals surface area contributed by atoms with E-state index in [0.29, 0.717) is 25.3 Å². The topological polar surface area (TPSA) is 75.6 Å². The average Bonchev–Trinajstić information content (AvgIpc) is 2.34. The van der Waals surface area contributed by atoms with E-state index in [9.17, 15) is 14.0 Å². The van der Waals surface area contributed by atoms with Gasteiger partial charge in [0.25, 0.3) is 0 Å². The highest BCUT2D eigenvalue weighted by molar-refractivity contribution is 5.87. The van der Waals surface area contributed by atoms with E-state index < -0.39 is 11.8 Å². The first-order valence-electron chi connectivity index (χ1n) is 5.92. The Bertz CT molecular complexity index is 462. The number of ether oxygens (including phenoxy) is 1. The Morgan fingerprint density at radius 2 is 2.16 bits per heavy atom. The quantitative estimate of drug-likeness (QED) is 0.580. The first kappa shape index (κ1) is 15.1. The number of benzene rings is 1. The Hall–Kier alpha value is -1.95. The molecule has 0 fully saturated rings. The van der Waals surface area contributed by atoms with Gasteiger partial charge in [-0.3, -0.25) is 4.79 Å². The van der Waals surface area contributed by atoms with Crippen LogP contribution in [0.25, 0.3) is 0 Å². The molecule has 6 heteroatoms. The first-order chi connectivity index (χ1) is 9.04. The second kappa shape index (κ2) is 7.48. The smallest absolute Gasteiger partial charge is 0.338 e. The van der Waals surface area contributed by atoms with Crippen LogP contribution >= 0.6 is 0 Å². The van der Waals surface area contributed by atoms with Crippen molar-refractivity contribution in [2.45, 2.75) is 19.9 Å². The van der Waals surface area contributed by atoms with Crippen LogP contribution in [0.15, 0.2) is 18.2 Å². The average molecular weight is 269 g/mol. The van der Waals surface area contributed by atoms with E-state index in [1.54, 1.807) is 6.92 Å². The second-order valence-corrected chi connectivity index (χ2v) is 3.85. The zero-order valence-electron chi connectivity index (χ0n) is 10.6. The van der Waals surface area contributed by atoms with Crippen molar-refractivity contribution >= 4 is 11.9 Å². The molecule has 2 N–H and O–H groups in total. The molecule has 0 spiro atoms. The fourth-order valence-corrected chi connectivity index (χ4v) is 1.50. The minimum Gasteiger partial charge on any atom is -0.478 e. The van der Waals surface area contributed by atoms with E-state index in [2.05, 4.69) is 5.32 Å². The molecule has 104 valence electrons. The van der Waals surface area contributed by atoms with Gasteiger partial charge in [-0.25, -0.2) is 9.18 Å². The summed E-state index contributed by atoms with van der Waals surface area (Å²) < 4.78 is 18.1. The first-order valence-corrected chi connectivity index (χ1v) is 5.92. The molecule has 0 bridgehead atoms. The number of halogens is 1. The van der Waals surface area contributed by atoms with Gasteiger partial charge in [-0.1, -0.05) is 6.07 Å². The maximum absolute atomic E-state index is 13.4. The molecule has 1 aromatic rings. The lowest BCUT2D eigenvalue weighted by molar-refractivity contribution is -0.142. The molecule has 19 heavy (non-hydrogen) atoms. The van der Waals surface area contributed by atoms with Crippen molar-refractivity contribution < 1.29 is 23.8 Å². The second-order valence-electron chi connectivity index (χ2n) is 3.85. The molecule has 0 aromatic heterocycles. The highest BCUT2D eigenvalue weighted by Gasteiger charge is 2.10. The monoisotopic (exact) mass is 269 g/mol. The van der Waals surface area contributed by atoms with E-state index in [1.165, 1.54) is 18.2 Å². The van der Waals surface area contributed by atoms with Crippen molar-refractivity contribution in [3.63, 3.8) is 0 Å². The van der Waals surface area contributed by atoms with Gasteiger partial charge in [0.1, 0.15) is 5.82 Å². The molecule has 1 rings (SSSR count). The summed E-state index contributed by atoms with van der Waals surface area (Å²) >= 11 is 0. The van der Waals surface area contributed by atoms with Crippen LogP contribution in [-0.4, -0.2) is 30.2 Å². The lowest BCUT2D eigenvalue weighted by Gasteiger charge is -2.06. The van der Waals surface area contributed by atoms with Crippen LogP contribution in [0, 0.1) is 5.82 Å². The molecular weight excluding hydrogens is 253 g/mol. The fourth-order valence-electron chi connectivity index (χ4n) is 1.50. The van der Waals surface area contributed by atoms with Crippen molar-refractivity contribution in [3.8, 4) is 0 Å². The van der Waals surface area contributed by atoms with E-state index in [1.807, 2.05) is 0 Å². The van der Waals surface area contributed by atoms with Gasteiger partial charge in [0.05, 0.1) is 18.6 Å². The third-order valence-corrected chi connectivity index (χ3v) is 2.40. The van der Waals surface area contributed by atoms with E-state index in [-0.39, 0.29) is 18.0 Å². The normalized spacial score (nSPS) is 10.2. The van der Waals surface area contributed by atoms with E-state index in [4.69, 9.17) is 9.84 Å². The third kappa shape index (κ3) is 5.05. The summed E-state index contributed by atoms with van der Waals surface area (Å²) in [5.74, 6) is -2.35. The highest BCUT2D eigenvalue weighted by Crippen LogP contribution is 2.10. The van der Waals surface area contributed by atoms with Crippen LogP contribution in [0.3, 0.4) is 0 Å². The molecular formula is C13H16FNO4. The van der Waals surface area contributed by atoms with Gasteiger partial charge in [0.2, 0.25) is 0 Å². The molecule has 5 nitrogen and oxygen atoms in total. The van der Waals surface area contributed by atoms with Gasteiger partial charge < -0.3 is 15.2 Å². The maximum Gasteiger partial charge on any atom is 0.338 e. The number of carboxylic acid groups (broad SMARTS) is 1. The Balaban J connectivity index is 2.40. The Labute approximate surface area is 110 Å². The lowest BCUT2D eigenvalue weighted by atomic mass is 10.1. The molecule has 0 aliphatic heterocycles. The molecule has 1 aromatic carbocycles. The van der Waals surface area contributed by atoms with Crippen LogP contribution < -0.4 is 5.32 Å². The highest BCUT2D eigenvalue weighted by atomic mass is 19.1. The molecule has 0 unspecified atom stereocenters. The molecule has 0 aliphatic rings. The number of esters is 1. The van der Waals surface area contributed by atoms with E-state index >= 15 is 0 Å². The number of hydrogen-bond donors (Lipinski definition) is 2. The Morgan fingerprint density at radius 3 is 2.74 bits per heavy atom. The standard InChI is InChI=1S/C13H16FNO4/c1-2-19-12(16)5-6-15-8-9-3-4-10(13(17)18)11(14)7-9/h3-4,7,15H,2,5-6,8H2,1H3,(H,17,18). The van der Waals surface area contributed by atoms with Gasteiger partial charge in [-0.15, -0.1) is 0 Å². The number of hydrogen-bond acceptors (Lipinski definition) is 4. The van der Waals surface area contributed by atoms with Gasteiger partial charge in [0.15, 0.2) is 0 Å². The van der Waals surface area contributed by atoms with Crippen molar-refractivity contribution in [2.24, 2.45) is 0 Å². The van der Waals surface area contributed by atoms with Crippen LogP contribution in [0.5, 0.6) is 0 Å². The van der Waals surface area contributed by atoms with Gasteiger partial charge >= 0.3 is 11.9 Å². The number of nitrogens with one attached hydrogen (secondary N) is 1. The predicted molar refractivity (Wildman–Crippen MR) is 66.3 cm³/mol. The number of aromatic carboxylic acids is 1. The third-order valence-electron chi connectivity index (χ3n) is 2.40. The summed E-state index contributed by atoms with van der Waals surface area (Å²) in [6, 6.07) is 3.92. The van der Waals surface area contributed by atoms with Crippen molar-refractivity contribution in [3.05, 3.63) is 35.1 Å². The molecule has 0 aliphatic carbocycles. The van der Waals surface area contributed by atoms with Crippen LogP contribution in [0.4, 0.5) is 4.39 Å². The van der Waals surface area contributed by atoms with E-state index in [0.717, 1.165) is 0 Å².